The maximum absolute atomic E-state index is 12.8. The van der Waals surface area contributed by atoms with Gasteiger partial charge in [0.2, 0.25) is 0 Å². The smallest absolute Gasteiger partial charge is 0.275 e. The molecule has 0 radical (unpaired) electrons. The first-order chi connectivity index (χ1) is 15.1. The molecule has 1 aromatic heterocycles. The van der Waals surface area contributed by atoms with E-state index in [0.29, 0.717) is 23.2 Å². The van der Waals surface area contributed by atoms with Gasteiger partial charge in [-0.15, -0.1) is 5.10 Å². The van der Waals surface area contributed by atoms with E-state index in [9.17, 15) is 4.79 Å². The maximum atomic E-state index is 12.8. The summed E-state index contributed by atoms with van der Waals surface area (Å²) in [6.07, 6.45) is 3.90. The van der Waals surface area contributed by atoms with Crippen LogP contribution in [0, 0.1) is 5.92 Å². The summed E-state index contributed by atoms with van der Waals surface area (Å²) < 4.78 is 1.66. The van der Waals surface area contributed by atoms with Crippen LogP contribution in [0.2, 0.25) is 5.02 Å². The highest BCUT2D eigenvalue weighted by molar-refractivity contribution is 6.31. The van der Waals surface area contributed by atoms with E-state index in [-0.39, 0.29) is 5.91 Å². The molecule has 0 N–H and O–H groups in total. The van der Waals surface area contributed by atoms with E-state index in [2.05, 4.69) is 45.5 Å². The lowest BCUT2D eigenvalue weighted by Crippen LogP contribution is -2.39. The van der Waals surface area contributed by atoms with Crippen LogP contribution >= 0.6 is 11.6 Å². The van der Waals surface area contributed by atoms with Gasteiger partial charge >= 0.3 is 0 Å². The first-order valence-electron chi connectivity index (χ1n) is 10.7. The molecule has 2 aromatic carbocycles. The molecule has 1 amide bonds. The Labute approximate surface area is 188 Å². The van der Waals surface area contributed by atoms with Gasteiger partial charge in [-0.25, -0.2) is 4.68 Å². The Bertz CT molecular complexity index is 998. The third-order valence-corrected chi connectivity index (χ3v) is 6.25. The zero-order valence-corrected chi connectivity index (χ0v) is 18.6. The number of carbonyl (C=O) groups excluding carboxylic acids is 1. The second kappa shape index (κ2) is 10.1. The molecule has 0 spiro atoms. The van der Waals surface area contributed by atoms with Crippen LogP contribution in [0.25, 0.3) is 0 Å². The van der Waals surface area contributed by atoms with Gasteiger partial charge in [-0.2, -0.15) is 0 Å². The minimum absolute atomic E-state index is 0.0860. The Kier molecular flexibility index (Phi) is 6.99. The molecule has 0 atom stereocenters. The number of likely N-dealkylation sites (tertiary alicyclic amines) is 1. The van der Waals surface area contributed by atoms with Crippen molar-refractivity contribution < 1.29 is 4.79 Å². The van der Waals surface area contributed by atoms with Crippen molar-refractivity contribution in [3.05, 3.63) is 82.6 Å². The van der Waals surface area contributed by atoms with Crippen molar-refractivity contribution in [1.29, 1.82) is 0 Å². The summed E-state index contributed by atoms with van der Waals surface area (Å²) in [6, 6.07) is 18.2. The predicted molar refractivity (Wildman–Crippen MR) is 122 cm³/mol. The first kappa shape index (κ1) is 21.5. The highest BCUT2D eigenvalue weighted by Gasteiger charge is 2.24. The lowest BCUT2D eigenvalue weighted by Gasteiger charge is -2.33. The van der Waals surface area contributed by atoms with Crippen LogP contribution in [0.4, 0.5) is 0 Å². The number of hydrogen-bond acceptors (Lipinski definition) is 4. The fourth-order valence-electron chi connectivity index (χ4n) is 4.11. The standard InChI is InChI=1S/C24H28ClN5O/c1-28(15-20-11-13-29(14-12-20)16-19-7-3-2-4-8-19)24(31)23-18-30(27-26-23)17-21-9-5-6-10-22(21)25/h2-10,18,20H,11-17H2,1H3. The number of benzene rings is 2. The molecule has 4 rings (SSSR count). The van der Waals surface area contributed by atoms with Crippen molar-refractivity contribution in [3.8, 4) is 0 Å². The van der Waals surface area contributed by atoms with E-state index < -0.39 is 0 Å². The SMILES string of the molecule is CN(CC1CCN(Cc2ccccc2)CC1)C(=O)c1cn(Cc2ccccc2Cl)nn1. The number of aromatic nitrogens is 3. The topological polar surface area (TPSA) is 54.3 Å². The summed E-state index contributed by atoms with van der Waals surface area (Å²) in [5.74, 6) is 0.427. The summed E-state index contributed by atoms with van der Waals surface area (Å²) in [4.78, 5) is 17.1. The molecule has 1 aliphatic heterocycles. The van der Waals surface area contributed by atoms with Crippen LogP contribution < -0.4 is 0 Å². The molecular weight excluding hydrogens is 410 g/mol. The van der Waals surface area contributed by atoms with Gasteiger partial charge in [0.05, 0.1) is 12.7 Å². The molecule has 0 aliphatic carbocycles. The average Bonchev–Trinajstić information content (AvgIpc) is 3.25. The third kappa shape index (κ3) is 5.71. The second-order valence-corrected chi connectivity index (χ2v) is 8.69. The molecule has 6 nitrogen and oxygen atoms in total. The first-order valence-corrected chi connectivity index (χ1v) is 11.1. The van der Waals surface area contributed by atoms with Crippen LogP contribution in [-0.4, -0.2) is 57.4 Å². The van der Waals surface area contributed by atoms with E-state index in [0.717, 1.165) is 44.6 Å². The van der Waals surface area contributed by atoms with Gasteiger partial charge < -0.3 is 4.90 Å². The highest BCUT2D eigenvalue weighted by atomic mass is 35.5. The second-order valence-electron chi connectivity index (χ2n) is 8.28. The maximum Gasteiger partial charge on any atom is 0.275 e. The molecular formula is C24H28ClN5O. The van der Waals surface area contributed by atoms with Crippen LogP contribution in [0.5, 0.6) is 0 Å². The fourth-order valence-corrected chi connectivity index (χ4v) is 4.30. The van der Waals surface area contributed by atoms with Crippen molar-refractivity contribution in [2.24, 2.45) is 5.92 Å². The van der Waals surface area contributed by atoms with Gasteiger partial charge in [0, 0.05) is 25.2 Å². The molecule has 0 unspecified atom stereocenters. The van der Waals surface area contributed by atoms with Gasteiger partial charge in [0.15, 0.2) is 5.69 Å². The number of halogens is 1. The summed E-state index contributed by atoms with van der Waals surface area (Å²) in [6.45, 7) is 4.36. The number of carbonyl (C=O) groups is 1. The highest BCUT2D eigenvalue weighted by Crippen LogP contribution is 2.20. The Morgan fingerprint density at radius 3 is 2.52 bits per heavy atom. The van der Waals surface area contributed by atoms with Gasteiger partial charge in [0.1, 0.15) is 0 Å². The van der Waals surface area contributed by atoms with Gasteiger partial charge in [-0.05, 0) is 49.0 Å². The van der Waals surface area contributed by atoms with E-state index in [1.54, 1.807) is 15.8 Å². The molecule has 1 saturated heterocycles. The minimum atomic E-state index is -0.0860. The summed E-state index contributed by atoms with van der Waals surface area (Å²) >= 11 is 6.22. The van der Waals surface area contributed by atoms with Crippen LogP contribution in [0.3, 0.4) is 0 Å². The lowest BCUT2D eigenvalue weighted by molar-refractivity contribution is 0.0731. The van der Waals surface area contributed by atoms with Crippen LogP contribution in [0.15, 0.2) is 60.8 Å². The molecule has 7 heteroatoms. The van der Waals surface area contributed by atoms with Gasteiger partial charge in [-0.1, -0.05) is 65.3 Å². The Morgan fingerprint density at radius 1 is 1.06 bits per heavy atom. The van der Waals surface area contributed by atoms with Crippen molar-refractivity contribution in [2.75, 3.05) is 26.7 Å². The Balaban J connectivity index is 1.26. The molecule has 1 fully saturated rings. The Morgan fingerprint density at radius 2 is 1.77 bits per heavy atom. The zero-order valence-electron chi connectivity index (χ0n) is 17.8. The molecule has 3 aromatic rings. The molecule has 31 heavy (non-hydrogen) atoms. The number of piperidine rings is 1. The van der Waals surface area contributed by atoms with Crippen molar-refractivity contribution in [2.45, 2.75) is 25.9 Å². The van der Waals surface area contributed by atoms with E-state index in [4.69, 9.17) is 11.6 Å². The minimum Gasteiger partial charge on any atom is -0.340 e. The van der Waals surface area contributed by atoms with Gasteiger partial charge in [-0.3, -0.25) is 9.69 Å². The zero-order chi connectivity index (χ0) is 21.6. The molecule has 162 valence electrons. The Hall–Kier alpha value is -2.70. The van der Waals surface area contributed by atoms with Crippen molar-refractivity contribution in [1.82, 2.24) is 24.8 Å². The largest absolute Gasteiger partial charge is 0.340 e. The molecule has 0 saturated carbocycles. The summed E-state index contributed by atoms with van der Waals surface area (Å²) in [5.41, 5.74) is 2.67. The van der Waals surface area contributed by atoms with Crippen LogP contribution in [-0.2, 0) is 13.1 Å². The summed E-state index contributed by atoms with van der Waals surface area (Å²) in [5, 5.41) is 8.87. The fraction of sp³-hybridized carbons (Fsp3) is 0.375. The van der Waals surface area contributed by atoms with Gasteiger partial charge in [0.25, 0.3) is 5.91 Å². The molecule has 1 aliphatic rings. The average molecular weight is 438 g/mol. The van der Waals surface area contributed by atoms with E-state index >= 15 is 0 Å². The molecule has 2 heterocycles. The van der Waals surface area contributed by atoms with Crippen molar-refractivity contribution in [3.63, 3.8) is 0 Å². The monoisotopic (exact) mass is 437 g/mol. The number of hydrogen-bond donors (Lipinski definition) is 0. The van der Waals surface area contributed by atoms with E-state index in [1.807, 2.05) is 31.3 Å². The third-order valence-electron chi connectivity index (χ3n) is 5.88. The van der Waals surface area contributed by atoms with E-state index in [1.165, 1.54) is 5.56 Å². The number of nitrogens with zero attached hydrogens (tertiary/aromatic N) is 5. The molecule has 0 bridgehead atoms. The number of amides is 1. The lowest BCUT2D eigenvalue weighted by atomic mass is 9.96. The number of rotatable bonds is 7. The van der Waals surface area contributed by atoms with Crippen molar-refractivity contribution >= 4 is 17.5 Å². The quantitative estimate of drug-likeness (QED) is 0.561. The predicted octanol–water partition coefficient (Wildman–Crippen LogP) is 3.96. The summed E-state index contributed by atoms with van der Waals surface area (Å²) in [7, 11) is 1.85. The van der Waals surface area contributed by atoms with Crippen LogP contribution in [0.1, 0.15) is 34.5 Å². The normalized spacial score (nSPS) is 15.2.